The van der Waals surface area contributed by atoms with Gasteiger partial charge in [0.05, 0.1) is 22.7 Å². The molecule has 0 N–H and O–H groups in total. The Hall–Kier alpha value is -6.58. The maximum Gasteiger partial charge on any atom is 0.151 e. The zero-order valence-electron chi connectivity index (χ0n) is 30.0. The van der Waals surface area contributed by atoms with Crippen molar-refractivity contribution in [1.29, 1.82) is 0 Å². The van der Waals surface area contributed by atoms with Crippen LogP contribution in [0.25, 0.3) is 33.0 Å². The predicted molar refractivity (Wildman–Crippen MR) is 221 cm³/mol. The zero-order valence-corrected chi connectivity index (χ0v) is 30.0. The topological polar surface area (TPSA) is 15.7 Å². The summed E-state index contributed by atoms with van der Waals surface area (Å²) in [6.07, 6.45) is 0. The van der Waals surface area contributed by atoms with E-state index in [0.717, 1.165) is 39.9 Å². The van der Waals surface area contributed by atoms with E-state index in [1.165, 1.54) is 55.4 Å². The first-order valence-corrected chi connectivity index (χ1v) is 18.4. The van der Waals surface area contributed by atoms with Crippen LogP contribution in [0.3, 0.4) is 0 Å². The number of rotatable bonds is 5. The van der Waals surface area contributed by atoms with Gasteiger partial charge in [0.1, 0.15) is 0 Å². The molecule has 3 heteroatoms. The second-order valence-electron chi connectivity index (χ2n) is 14.6. The van der Waals surface area contributed by atoms with Gasteiger partial charge in [0.2, 0.25) is 0 Å². The lowest BCUT2D eigenvalue weighted by atomic mass is 9.70. The molecule has 0 radical (unpaired) electrons. The predicted octanol–water partition coefficient (Wildman–Crippen LogP) is 14.2. The number of hydrogen-bond donors (Lipinski definition) is 0. The van der Waals surface area contributed by atoms with Gasteiger partial charge in [-0.1, -0.05) is 141 Å². The average molecular weight is 683 g/mol. The lowest BCUT2D eigenvalue weighted by Gasteiger charge is -2.46. The standard InChI is InChI=1S/C50H38N2O/c1-33-13-11-22-45-48(33)52-44-20-10-9-19-42(44)50(2,3)47-41(31-32-46(53-45)49(47)52)37-25-29-39(30-26-37)51(43-21-12-17-36-16-7-8-18-40(36)43)38-27-23-35(24-28-38)34-14-5-4-6-15-34/h4-32H,1-3H3. The highest BCUT2D eigenvalue weighted by Crippen LogP contribution is 2.62. The molecule has 0 spiro atoms. The van der Waals surface area contributed by atoms with Gasteiger partial charge in [-0.05, 0) is 99.8 Å². The Labute approximate surface area is 311 Å². The second kappa shape index (κ2) is 12.0. The monoisotopic (exact) mass is 682 g/mol. The van der Waals surface area contributed by atoms with Crippen molar-refractivity contribution in [1.82, 2.24) is 0 Å². The van der Waals surface area contributed by atoms with E-state index in [9.17, 15) is 0 Å². The summed E-state index contributed by atoms with van der Waals surface area (Å²) >= 11 is 0. The number of para-hydroxylation sites is 2. The lowest BCUT2D eigenvalue weighted by Crippen LogP contribution is -2.33. The Bertz CT molecular complexity index is 2670. The molecule has 0 unspecified atom stereocenters. The fourth-order valence-electron chi connectivity index (χ4n) is 8.61. The molecule has 0 bridgehead atoms. The second-order valence-corrected chi connectivity index (χ2v) is 14.6. The van der Waals surface area contributed by atoms with E-state index >= 15 is 0 Å². The number of fused-ring (bicyclic) bond motifs is 5. The van der Waals surface area contributed by atoms with Gasteiger partial charge in [-0.3, -0.25) is 0 Å². The average Bonchev–Trinajstić information content (AvgIpc) is 3.20. The fourth-order valence-corrected chi connectivity index (χ4v) is 8.61. The van der Waals surface area contributed by atoms with Crippen LogP contribution in [-0.2, 0) is 5.41 Å². The Balaban J connectivity index is 1.12. The van der Waals surface area contributed by atoms with Crippen LogP contribution < -0.4 is 14.5 Å². The number of anilines is 6. The van der Waals surface area contributed by atoms with E-state index in [0.29, 0.717) is 0 Å². The normalized spacial score (nSPS) is 13.5. The first kappa shape index (κ1) is 31.2. The SMILES string of the molecule is Cc1cccc2c1N1c3ccccc3C(C)(C)c3c(-c4ccc(N(c5ccc(-c6ccccc6)cc5)c5cccc6ccccc56)cc4)ccc(c31)O2. The van der Waals surface area contributed by atoms with Crippen molar-refractivity contribution in [3.8, 4) is 33.8 Å². The summed E-state index contributed by atoms with van der Waals surface area (Å²) in [5.74, 6) is 1.78. The van der Waals surface area contributed by atoms with Crippen molar-refractivity contribution in [2.24, 2.45) is 0 Å². The van der Waals surface area contributed by atoms with Crippen LogP contribution >= 0.6 is 0 Å². The van der Waals surface area contributed by atoms with Crippen LogP contribution in [0.1, 0.15) is 30.5 Å². The van der Waals surface area contributed by atoms with Gasteiger partial charge in [0, 0.05) is 22.2 Å². The van der Waals surface area contributed by atoms with Crippen LogP contribution in [0.2, 0.25) is 0 Å². The van der Waals surface area contributed by atoms with Gasteiger partial charge < -0.3 is 14.5 Å². The molecular weight excluding hydrogens is 645 g/mol. The van der Waals surface area contributed by atoms with Crippen molar-refractivity contribution in [2.45, 2.75) is 26.2 Å². The van der Waals surface area contributed by atoms with Crippen LogP contribution in [0.15, 0.2) is 176 Å². The molecule has 254 valence electrons. The van der Waals surface area contributed by atoms with Crippen molar-refractivity contribution in [2.75, 3.05) is 9.80 Å². The lowest BCUT2D eigenvalue weighted by molar-refractivity contribution is 0.471. The third kappa shape index (κ3) is 4.88. The molecule has 0 amide bonds. The minimum absolute atomic E-state index is 0.272. The van der Waals surface area contributed by atoms with E-state index in [-0.39, 0.29) is 5.41 Å². The molecule has 2 aliphatic heterocycles. The van der Waals surface area contributed by atoms with Crippen molar-refractivity contribution in [3.63, 3.8) is 0 Å². The van der Waals surface area contributed by atoms with Crippen molar-refractivity contribution < 1.29 is 4.74 Å². The van der Waals surface area contributed by atoms with Gasteiger partial charge in [0.25, 0.3) is 0 Å². The van der Waals surface area contributed by atoms with E-state index in [1.807, 2.05) is 0 Å². The molecule has 2 heterocycles. The molecular formula is C50H38N2O. The molecule has 0 atom stereocenters. The van der Waals surface area contributed by atoms with Crippen LogP contribution in [0, 0.1) is 6.92 Å². The number of ether oxygens (including phenoxy) is 1. The van der Waals surface area contributed by atoms with Gasteiger partial charge in [-0.15, -0.1) is 0 Å². The molecule has 0 saturated heterocycles. The highest BCUT2D eigenvalue weighted by atomic mass is 16.5. The summed E-state index contributed by atoms with van der Waals surface area (Å²) < 4.78 is 6.68. The summed E-state index contributed by atoms with van der Waals surface area (Å²) in [4.78, 5) is 4.83. The number of aryl methyl sites for hydroxylation is 1. The largest absolute Gasteiger partial charge is 0.453 e. The summed E-state index contributed by atoms with van der Waals surface area (Å²) in [6, 6.07) is 63.4. The summed E-state index contributed by atoms with van der Waals surface area (Å²) in [5, 5.41) is 2.42. The molecule has 0 saturated carbocycles. The molecule has 0 aliphatic carbocycles. The van der Waals surface area contributed by atoms with E-state index < -0.39 is 0 Å². The Morgan fingerprint density at radius 2 is 1.13 bits per heavy atom. The van der Waals surface area contributed by atoms with Crippen LogP contribution in [0.5, 0.6) is 11.5 Å². The molecule has 8 aromatic rings. The first-order chi connectivity index (χ1) is 26.0. The quantitative estimate of drug-likeness (QED) is 0.180. The molecule has 2 aliphatic rings. The molecule has 53 heavy (non-hydrogen) atoms. The molecule has 0 aromatic heterocycles. The minimum Gasteiger partial charge on any atom is -0.453 e. The fraction of sp³-hybridized carbons (Fsp3) is 0.0800. The van der Waals surface area contributed by atoms with E-state index in [2.05, 4.69) is 206 Å². The minimum atomic E-state index is -0.272. The molecule has 3 nitrogen and oxygen atoms in total. The summed E-state index contributed by atoms with van der Waals surface area (Å²) in [6.45, 7) is 6.88. The maximum absolute atomic E-state index is 6.68. The number of nitrogens with zero attached hydrogens (tertiary/aromatic N) is 2. The molecule has 0 fully saturated rings. The van der Waals surface area contributed by atoms with Crippen molar-refractivity contribution >= 4 is 44.9 Å². The Morgan fingerprint density at radius 3 is 1.92 bits per heavy atom. The smallest absolute Gasteiger partial charge is 0.151 e. The highest BCUT2D eigenvalue weighted by Gasteiger charge is 2.43. The van der Waals surface area contributed by atoms with Crippen LogP contribution in [0.4, 0.5) is 34.1 Å². The molecule has 8 aromatic carbocycles. The zero-order chi connectivity index (χ0) is 35.7. The summed E-state index contributed by atoms with van der Waals surface area (Å²) in [5.41, 5.74) is 15.1. The van der Waals surface area contributed by atoms with E-state index in [1.54, 1.807) is 0 Å². The van der Waals surface area contributed by atoms with Gasteiger partial charge in [0.15, 0.2) is 11.5 Å². The van der Waals surface area contributed by atoms with Gasteiger partial charge >= 0.3 is 0 Å². The maximum atomic E-state index is 6.68. The van der Waals surface area contributed by atoms with Gasteiger partial charge in [-0.2, -0.15) is 0 Å². The Kier molecular flexibility index (Phi) is 7.06. The number of hydrogen-bond acceptors (Lipinski definition) is 3. The van der Waals surface area contributed by atoms with Crippen LogP contribution in [-0.4, -0.2) is 0 Å². The number of benzene rings is 8. The highest BCUT2D eigenvalue weighted by molar-refractivity contribution is 6.00. The van der Waals surface area contributed by atoms with Crippen molar-refractivity contribution in [3.05, 3.63) is 193 Å². The first-order valence-electron chi connectivity index (χ1n) is 18.4. The third-order valence-electron chi connectivity index (χ3n) is 11.1. The summed E-state index contributed by atoms with van der Waals surface area (Å²) in [7, 11) is 0. The third-order valence-corrected chi connectivity index (χ3v) is 11.1. The Morgan fingerprint density at radius 1 is 0.509 bits per heavy atom. The van der Waals surface area contributed by atoms with E-state index in [4.69, 9.17) is 4.74 Å². The molecule has 10 rings (SSSR count). The van der Waals surface area contributed by atoms with Gasteiger partial charge in [-0.25, -0.2) is 0 Å².